The molecule has 2 aromatic carbocycles. The number of methoxy groups -OCH3 is 1. The number of hydrogen-bond donors (Lipinski definition) is 1. The van der Waals surface area contributed by atoms with Gasteiger partial charge in [-0.3, -0.25) is 14.5 Å². The first kappa shape index (κ1) is 31.5. The Morgan fingerprint density at radius 3 is 2.52 bits per heavy atom. The molecule has 0 radical (unpaired) electrons. The van der Waals surface area contributed by atoms with Gasteiger partial charge in [0.05, 0.1) is 38.9 Å². The second kappa shape index (κ2) is 14.6. The molecule has 1 aromatic heterocycles. The summed E-state index contributed by atoms with van der Waals surface area (Å²) in [5.41, 5.74) is 0.591. The molecule has 0 amide bonds. The molecule has 1 fully saturated rings. The molecule has 1 aliphatic rings. The van der Waals surface area contributed by atoms with Crippen LogP contribution in [0.4, 0.5) is 11.5 Å². The fourth-order valence-corrected chi connectivity index (χ4v) is 5.68. The van der Waals surface area contributed by atoms with Crippen LogP contribution in [0.5, 0.6) is 11.5 Å². The summed E-state index contributed by atoms with van der Waals surface area (Å²) in [6, 6.07) is 11.6. The van der Waals surface area contributed by atoms with Gasteiger partial charge in [-0.1, -0.05) is 22.0 Å². The Kier molecular flexibility index (Phi) is 11.0. The van der Waals surface area contributed by atoms with Crippen molar-refractivity contribution in [1.29, 1.82) is 0 Å². The van der Waals surface area contributed by atoms with E-state index < -0.39 is 11.5 Å². The molecular weight excluding hydrogens is 604 g/mol. The highest BCUT2D eigenvalue weighted by Gasteiger charge is 2.44. The van der Waals surface area contributed by atoms with Gasteiger partial charge in [0, 0.05) is 21.6 Å². The number of nitrogens with zero attached hydrogens (tertiary/aromatic N) is 3. The molecule has 11 heteroatoms. The van der Waals surface area contributed by atoms with Gasteiger partial charge < -0.3 is 24.3 Å². The predicted octanol–water partition coefficient (Wildman–Crippen LogP) is 5.90. The Hall–Kier alpha value is -3.44. The highest BCUT2D eigenvalue weighted by molar-refractivity contribution is 9.10. The SMILES string of the molecule is CCOC(=O)CC(C)(C(=O)OCC)N1CCC(CCOc2cc3c(Nc4cccc(Br)c4)ncnc3cc2OC)CC1. The lowest BCUT2D eigenvalue weighted by molar-refractivity contribution is -0.165. The molecule has 0 spiro atoms. The van der Waals surface area contributed by atoms with Crippen LogP contribution in [-0.2, 0) is 19.1 Å². The molecule has 42 heavy (non-hydrogen) atoms. The number of benzene rings is 2. The predicted molar refractivity (Wildman–Crippen MR) is 164 cm³/mol. The normalized spacial score (nSPS) is 15.5. The number of piperidine rings is 1. The number of anilines is 2. The maximum Gasteiger partial charge on any atom is 0.326 e. The lowest BCUT2D eigenvalue weighted by Crippen LogP contribution is -2.57. The van der Waals surface area contributed by atoms with E-state index in [2.05, 4.69) is 36.1 Å². The molecule has 1 saturated heterocycles. The quantitative estimate of drug-likeness (QED) is 0.226. The number of halogens is 1. The molecule has 1 N–H and O–H groups in total. The summed E-state index contributed by atoms with van der Waals surface area (Å²) in [5, 5.41) is 4.19. The second-order valence-corrected chi connectivity index (χ2v) is 11.3. The Morgan fingerprint density at radius 1 is 1.07 bits per heavy atom. The van der Waals surface area contributed by atoms with Crippen molar-refractivity contribution >= 4 is 50.3 Å². The number of carbonyl (C=O) groups is 2. The van der Waals surface area contributed by atoms with Crippen molar-refractivity contribution in [2.45, 2.75) is 52.0 Å². The molecule has 226 valence electrons. The van der Waals surface area contributed by atoms with Crippen LogP contribution in [0.2, 0.25) is 0 Å². The van der Waals surface area contributed by atoms with E-state index in [-0.39, 0.29) is 25.6 Å². The first-order valence-electron chi connectivity index (χ1n) is 14.3. The topological polar surface area (TPSA) is 112 Å². The third-order valence-corrected chi connectivity index (χ3v) is 8.11. The lowest BCUT2D eigenvalue weighted by Gasteiger charge is -2.42. The minimum absolute atomic E-state index is 0.0304. The summed E-state index contributed by atoms with van der Waals surface area (Å²) in [5.74, 6) is 1.53. The van der Waals surface area contributed by atoms with Crippen LogP contribution in [0, 0.1) is 5.92 Å². The van der Waals surface area contributed by atoms with Gasteiger partial charge >= 0.3 is 11.9 Å². The van der Waals surface area contributed by atoms with Gasteiger partial charge in [-0.05, 0) is 83.3 Å². The zero-order valence-corrected chi connectivity index (χ0v) is 26.2. The van der Waals surface area contributed by atoms with Crippen LogP contribution in [0.15, 0.2) is 47.2 Å². The van der Waals surface area contributed by atoms with Gasteiger partial charge in [-0.25, -0.2) is 9.97 Å². The maximum atomic E-state index is 12.9. The average Bonchev–Trinajstić information content (AvgIpc) is 2.97. The number of rotatable bonds is 13. The molecule has 1 unspecified atom stereocenters. The first-order valence-corrected chi connectivity index (χ1v) is 15.1. The number of ether oxygens (including phenoxy) is 4. The number of esters is 2. The van der Waals surface area contributed by atoms with Gasteiger partial charge in [0.2, 0.25) is 0 Å². The van der Waals surface area contributed by atoms with Gasteiger partial charge in [0.25, 0.3) is 0 Å². The Morgan fingerprint density at radius 2 is 1.83 bits per heavy atom. The van der Waals surface area contributed by atoms with Crippen molar-refractivity contribution in [3.05, 3.63) is 47.2 Å². The van der Waals surface area contributed by atoms with Crippen LogP contribution in [0.3, 0.4) is 0 Å². The number of fused-ring (bicyclic) bond motifs is 1. The van der Waals surface area contributed by atoms with E-state index in [0.29, 0.717) is 42.9 Å². The van der Waals surface area contributed by atoms with Gasteiger partial charge in [-0.2, -0.15) is 0 Å². The van der Waals surface area contributed by atoms with E-state index in [1.165, 1.54) is 6.33 Å². The van der Waals surface area contributed by atoms with Crippen molar-refractivity contribution in [2.75, 3.05) is 45.3 Å². The minimum Gasteiger partial charge on any atom is -0.493 e. The average molecular weight is 644 g/mol. The molecule has 1 atom stereocenters. The van der Waals surface area contributed by atoms with E-state index in [0.717, 1.165) is 40.3 Å². The standard InChI is InChI=1S/C31H39BrN4O6/c1-5-40-28(37)19-31(3,30(38)41-6-2)36-13-10-21(11-14-36)12-15-42-27-17-24-25(18-26(27)39-4)33-20-34-29(24)35-23-9-7-8-22(32)16-23/h7-9,16-18,20-21H,5-6,10-15,19H2,1-4H3,(H,33,34,35). The largest absolute Gasteiger partial charge is 0.493 e. The molecule has 0 bridgehead atoms. The van der Waals surface area contributed by atoms with Crippen LogP contribution in [-0.4, -0.2) is 72.4 Å². The Balaban J connectivity index is 1.39. The number of hydrogen-bond acceptors (Lipinski definition) is 10. The summed E-state index contributed by atoms with van der Waals surface area (Å²) in [6.45, 7) is 7.71. The summed E-state index contributed by atoms with van der Waals surface area (Å²) in [7, 11) is 1.61. The number of likely N-dealkylation sites (tertiary alicyclic amines) is 1. The molecule has 10 nitrogen and oxygen atoms in total. The molecule has 2 heterocycles. The highest BCUT2D eigenvalue weighted by atomic mass is 79.9. The third-order valence-electron chi connectivity index (χ3n) is 7.61. The van der Waals surface area contributed by atoms with E-state index in [4.69, 9.17) is 18.9 Å². The molecule has 0 saturated carbocycles. The molecular formula is C31H39BrN4O6. The first-order chi connectivity index (χ1) is 20.3. The zero-order chi connectivity index (χ0) is 30.1. The molecule has 0 aliphatic carbocycles. The highest BCUT2D eigenvalue weighted by Crippen LogP contribution is 2.36. The Labute approximate surface area is 255 Å². The van der Waals surface area contributed by atoms with E-state index in [1.54, 1.807) is 27.9 Å². The smallest absolute Gasteiger partial charge is 0.326 e. The van der Waals surface area contributed by atoms with Crippen molar-refractivity contribution in [1.82, 2.24) is 14.9 Å². The van der Waals surface area contributed by atoms with Gasteiger partial charge in [0.15, 0.2) is 11.5 Å². The van der Waals surface area contributed by atoms with Gasteiger partial charge in [0.1, 0.15) is 17.7 Å². The monoisotopic (exact) mass is 642 g/mol. The summed E-state index contributed by atoms with van der Waals surface area (Å²) in [6.07, 6.45) is 4.10. The van der Waals surface area contributed by atoms with Crippen LogP contribution in [0.1, 0.15) is 46.5 Å². The third kappa shape index (κ3) is 7.69. The fourth-order valence-electron chi connectivity index (χ4n) is 5.28. The van der Waals surface area contributed by atoms with E-state index >= 15 is 0 Å². The van der Waals surface area contributed by atoms with E-state index in [1.807, 2.05) is 36.4 Å². The maximum absolute atomic E-state index is 12.9. The summed E-state index contributed by atoms with van der Waals surface area (Å²) >= 11 is 3.51. The van der Waals surface area contributed by atoms with Crippen LogP contribution >= 0.6 is 15.9 Å². The van der Waals surface area contributed by atoms with Crippen molar-refractivity contribution in [3.63, 3.8) is 0 Å². The molecule has 1 aliphatic heterocycles. The summed E-state index contributed by atoms with van der Waals surface area (Å²) < 4.78 is 23.3. The lowest BCUT2D eigenvalue weighted by atomic mass is 9.88. The van der Waals surface area contributed by atoms with Gasteiger partial charge in [-0.15, -0.1) is 0 Å². The number of carbonyl (C=O) groups excluding carboxylic acids is 2. The van der Waals surface area contributed by atoms with Crippen LogP contribution < -0.4 is 14.8 Å². The molecule has 4 rings (SSSR count). The zero-order valence-electron chi connectivity index (χ0n) is 24.7. The van der Waals surface area contributed by atoms with Crippen molar-refractivity contribution < 1.29 is 28.5 Å². The molecule has 3 aromatic rings. The Bertz CT molecular complexity index is 1380. The van der Waals surface area contributed by atoms with E-state index in [9.17, 15) is 9.59 Å². The summed E-state index contributed by atoms with van der Waals surface area (Å²) in [4.78, 5) is 36.1. The second-order valence-electron chi connectivity index (χ2n) is 10.4. The van der Waals surface area contributed by atoms with Crippen LogP contribution in [0.25, 0.3) is 10.9 Å². The van der Waals surface area contributed by atoms with Crippen molar-refractivity contribution in [2.24, 2.45) is 5.92 Å². The minimum atomic E-state index is -1.05. The van der Waals surface area contributed by atoms with Crippen molar-refractivity contribution in [3.8, 4) is 11.5 Å². The fraction of sp³-hybridized carbons (Fsp3) is 0.484. The number of aromatic nitrogens is 2. The number of nitrogens with one attached hydrogen (secondary N) is 1.